The van der Waals surface area contributed by atoms with Gasteiger partial charge in [-0.05, 0) is 60.7 Å². The van der Waals surface area contributed by atoms with Crippen LogP contribution in [0.15, 0.2) is 30.3 Å². The lowest BCUT2D eigenvalue weighted by atomic mass is 10.0. The Morgan fingerprint density at radius 1 is 0.750 bits per heavy atom. The molecule has 0 fully saturated rings. The molecule has 1 N–H and O–H groups in total. The zero-order valence-corrected chi connectivity index (χ0v) is 12.1. The Balaban J connectivity index is 2.01. The van der Waals surface area contributed by atoms with Gasteiger partial charge in [0.1, 0.15) is 11.6 Å². The molecule has 0 aromatic heterocycles. The number of rotatable bonds is 4. The van der Waals surface area contributed by atoms with Crippen molar-refractivity contribution in [1.82, 2.24) is 5.32 Å². The second kappa shape index (κ2) is 6.14. The minimum Gasteiger partial charge on any atom is -0.309 e. The number of aryl methyl sites for hydroxylation is 3. The molecule has 1 nitrogen and oxygen atoms in total. The van der Waals surface area contributed by atoms with Crippen molar-refractivity contribution in [2.45, 2.75) is 33.9 Å². The molecule has 0 unspecified atom stereocenters. The van der Waals surface area contributed by atoms with Crippen LogP contribution in [0, 0.1) is 32.4 Å². The average molecular weight is 275 g/mol. The predicted molar refractivity (Wildman–Crippen MR) is 77.6 cm³/mol. The Bertz CT molecular complexity index is 600. The zero-order chi connectivity index (χ0) is 14.7. The van der Waals surface area contributed by atoms with Gasteiger partial charge in [0, 0.05) is 19.2 Å². The molecule has 0 amide bonds. The monoisotopic (exact) mass is 275 g/mol. The highest BCUT2D eigenvalue weighted by Gasteiger charge is 2.03. The summed E-state index contributed by atoms with van der Waals surface area (Å²) in [7, 11) is 0. The molecule has 0 atom stereocenters. The molecule has 106 valence electrons. The van der Waals surface area contributed by atoms with Gasteiger partial charge in [0.05, 0.1) is 0 Å². The maximum Gasteiger partial charge on any atom is 0.126 e. The van der Waals surface area contributed by atoms with E-state index in [0.29, 0.717) is 18.7 Å². The average Bonchev–Trinajstić information content (AvgIpc) is 2.34. The van der Waals surface area contributed by atoms with Crippen molar-refractivity contribution in [3.8, 4) is 0 Å². The van der Waals surface area contributed by atoms with E-state index in [0.717, 1.165) is 6.07 Å². The van der Waals surface area contributed by atoms with Crippen LogP contribution in [0.25, 0.3) is 0 Å². The molecule has 0 saturated heterocycles. The second-order valence-electron chi connectivity index (χ2n) is 5.24. The summed E-state index contributed by atoms with van der Waals surface area (Å²) in [5.74, 6) is -1.08. The Morgan fingerprint density at radius 2 is 1.35 bits per heavy atom. The third-order valence-corrected chi connectivity index (χ3v) is 3.52. The number of benzene rings is 2. The molecular weight excluding hydrogens is 256 g/mol. The van der Waals surface area contributed by atoms with Crippen LogP contribution < -0.4 is 5.32 Å². The van der Waals surface area contributed by atoms with Crippen LogP contribution >= 0.6 is 0 Å². The van der Waals surface area contributed by atoms with Crippen LogP contribution in [-0.4, -0.2) is 0 Å². The molecule has 0 aliphatic rings. The SMILES string of the molecule is Cc1cc(C)c(CNCc2cc(F)cc(F)c2)cc1C. The quantitative estimate of drug-likeness (QED) is 0.882. The van der Waals surface area contributed by atoms with Crippen molar-refractivity contribution < 1.29 is 8.78 Å². The van der Waals surface area contributed by atoms with E-state index in [1.165, 1.54) is 34.4 Å². The highest BCUT2D eigenvalue weighted by molar-refractivity contribution is 5.36. The summed E-state index contributed by atoms with van der Waals surface area (Å²) in [5.41, 5.74) is 5.59. The topological polar surface area (TPSA) is 12.0 Å². The van der Waals surface area contributed by atoms with Crippen LogP contribution in [0.1, 0.15) is 27.8 Å². The van der Waals surface area contributed by atoms with E-state index in [9.17, 15) is 8.78 Å². The van der Waals surface area contributed by atoms with Gasteiger partial charge in [-0.2, -0.15) is 0 Å². The van der Waals surface area contributed by atoms with E-state index in [-0.39, 0.29) is 0 Å². The fraction of sp³-hybridized carbons (Fsp3) is 0.294. The molecule has 0 spiro atoms. The van der Waals surface area contributed by atoms with E-state index >= 15 is 0 Å². The normalized spacial score (nSPS) is 10.8. The Labute approximate surface area is 118 Å². The molecule has 0 heterocycles. The first-order valence-corrected chi connectivity index (χ1v) is 6.68. The van der Waals surface area contributed by atoms with E-state index in [1.54, 1.807) is 0 Å². The minimum absolute atomic E-state index is 0.445. The molecule has 20 heavy (non-hydrogen) atoms. The highest BCUT2D eigenvalue weighted by atomic mass is 19.1. The molecule has 0 saturated carbocycles. The molecule has 2 rings (SSSR count). The van der Waals surface area contributed by atoms with Crippen LogP contribution in [0.2, 0.25) is 0 Å². The number of halogens is 2. The van der Waals surface area contributed by atoms with Crippen LogP contribution in [0.3, 0.4) is 0 Å². The van der Waals surface area contributed by atoms with E-state index in [1.807, 2.05) is 0 Å². The van der Waals surface area contributed by atoms with Crippen molar-refractivity contribution in [3.63, 3.8) is 0 Å². The van der Waals surface area contributed by atoms with Crippen LogP contribution in [0.4, 0.5) is 8.78 Å². The highest BCUT2D eigenvalue weighted by Crippen LogP contribution is 2.15. The summed E-state index contributed by atoms with van der Waals surface area (Å²) in [6.45, 7) is 7.38. The fourth-order valence-electron chi connectivity index (χ4n) is 2.27. The summed E-state index contributed by atoms with van der Waals surface area (Å²) in [4.78, 5) is 0. The first kappa shape index (κ1) is 14.7. The van der Waals surface area contributed by atoms with E-state index < -0.39 is 11.6 Å². The van der Waals surface area contributed by atoms with Crippen LogP contribution in [0.5, 0.6) is 0 Å². The molecule has 2 aromatic rings. The summed E-state index contributed by atoms with van der Waals surface area (Å²) in [6, 6.07) is 7.90. The van der Waals surface area contributed by atoms with Gasteiger partial charge in [0.25, 0.3) is 0 Å². The number of hydrogen-bond acceptors (Lipinski definition) is 1. The Hall–Kier alpha value is -1.74. The van der Waals surface area contributed by atoms with Gasteiger partial charge in [-0.3, -0.25) is 0 Å². The van der Waals surface area contributed by atoms with Gasteiger partial charge in [-0.1, -0.05) is 12.1 Å². The lowest BCUT2D eigenvalue weighted by Gasteiger charge is -2.11. The van der Waals surface area contributed by atoms with Gasteiger partial charge in [0.15, 0.2) is 0 Å². The van der Waals surface area contributed by atoms with Crippen molar-refractivity contribution in [1.29, 1.82) is 0 Å². The Kier molecular flexibility index (Phi) is 4.50. The zero-order valence-electron chi connectivity index (χ0n) is 12.1. The van der Waals surface area contributed by atoms with Gasteiger partial charge >= 0.3 is 0 Å². The minimum atomic E-state index is -0.538. The van der Waals surface area contributed by atoms with Crippen molar-refractivity contribution >= 4 is 0 Å². The van der Waals surface area contributed by atoms with Gasteiger partial charge in [-0.15, -0.1) is 0 Å². The first-order chi connectivity index (χ1) is 9.45. The standard InChI is InChI=1S/C17H19F2N/c1-11-4-13(3)15(5-12(11)2)10-20-9-14-6-16(18)8-17(19)7-14/h4-8,20H,9-10H2,1-3H3. The van der Waals surface area contributed by atoms with Crippen molar-refractivity contribution in [3.05, 3.63) is 69.8 Å². The second-order valence-corrected chi connectivity index (χ2v) is 5.24. The summed E-state index contributed by atoms with van der Waals surface area (Å²) >= 11 is 0. The van der Waals surface area contributed by atoms with Crippen LogP contribution in [-0.2, 0) is 13.1 Å². The molecule has 0 aliphatic carbocycles. The fourth-order valence-corrected chi connectivity index (χ4v) is 2.27. The Morgan fingerprint density at radius 3 is 2.00 bits per heavy atom. The molecule has 0 bridgehead atoms. The number of nitrogens with one attached hydrogen (secondary N) is 1. The van der Waals surface area contributed by atoms with Gasteiger partial charge in [0.2, 0.25) is 0 Å². The largest absolute Gasteiger partial charge is 0.309 e. The van der Waals surface area contributed by atoms with E-state index in [4.69, 9.17) is 0 Å². The van der Waals surface area contributed by atoms with Crippen molar-refractivity contribution in [2.24, 2.45) is 0 Å². The third kappa shape index (κ3) is 3.64. The van der Waals surface area contributed by atoms with E-state index in [2.05, 4.69) is 38.2 Å². The lowest BCUT2D eigenvalue weighted by Crippen LogP contribution is -2.14. The van der Waals surface area contributed by atoms with Crippen molar-refractivity contribution in [2.75, 3.05) is 0 Å². The molecule has 2 aromatic carbocycles. The third-order valence-electron chi connectivity index (χ3n) is 3.52. The molecule has 0 aliphatic heterocycles. The van der Waals surface area contributed by atoms with Gasteiger partial charge in [-0.25, -0.2) is 8.78 Å². The molecule has 3 heteroatoms. The smallest absolute Gasteiger partial charge is 0.126 e. The lowest BCUT2D eigenvalue weighted by molar-refractivity contribution is 0.575. The predicted octanol–water partition coefficient (Wildman–Crippen LogP) is 4.18. The van der Waals surface area contributed by atoms with Gasteiger partial charge < -0.3 is 5.32 Å². The first-order valence-electron chi connectivity index (χ1n) is 6.68. The summed E-state index contributed by atoms with van der Waals surface area (Å²) in [6.07, 6.45) is 0. The molecular formula is C17H19F2N. The summed E-state index contributed by atoms with van der Waals surface area (Å²) < 4.78 is 26.1. The summed E-state index contributed by atoms with van der Waals surface area (Å²) in [5, 5.41) is 3.23. The molecule has 0 radical (unpaired) electrons. The number of hydrogen-bond donors (Lipinski definition) is 1. The maximum atomic E-state index is 13.1. The maximum absolute atomic E-state index is 13.1.